The molecule has 0 fully saturated rings. The van der Waals surface area contributed by atoms with Gasteiger partial charge in [-0.2, -0.15) is 0 Å². The highest BCUT2D eigenvalue weighted by Crippen LogP contribution is 2.19. The molecule has 0 N–H and O–H groups in total. The third-order valence-electron chi connectivity index (χ3n) is 5.95. The van der Waals surface area contributed by atoms with E-state index >= 15 is 0 Å². The van der Waals surface area contributed by atoms with E-state index in [1.165, 1.54) is 6.92 Å². The Morgan fingerprint density at radius 3 is 2.06 bits per heavy atom. The number of hydrogen-bond acceptors (Lipinski definition) is 7. The van der Waals surface area contributed by atoms with Gasteiger partial charge in [-0.05, 0) is 61.6 Å². The minimum Gasteiger partial charge on any atom is -0.462 e. The number of aryl methyl sites for hydroxylation is 2. The molecule has 3 unspecified atom stereocenters. The average molecular weight is 515 g/mol. The van der Waals surface area contributed by atoms with E-state index in [0.717, 1.165) is 16.0 Å². The standard InChI is InChI=1S/C29H38O6S/c1-5-22-9-11-23(12-10-22)13-14-25(18-21(3)30)34-29(32)20-26(15-16-27-8-7-17-36-27)35-28(31)19-24(6-2)33-4/h5,7-12,17,24-26H,1,6,13-16,18-20H2,2-4H3. The molecule has 36 heavy (non-hydrogen) atoms. The van der Waals surface area contributed by atoms with Crippen molar-refractivity contribution in [1.29, 1.82) is 0 Å². The van der Waals surface area contributed by atoms with Gasteiger partial charge in [-0.25, -0.2) is 0 Å². The Morgan fingerprint density at radius 2 is 1.53 bits per heavy atom. The Labute approximate surface area is 218 Å². The van der Waals surface area contributed by atoms with Crippen LogP contribution in [0, 0.1) is 0 Å². The Morgan fingerprint density at radius 1 is 0.917 bits per heavy atom. The molecule has 0 saturated carbocycles. The highest BCUT2D eigenvalue weighted by atomic mass is 32.1. The number of Topliss-reactive ketones (excluding diaryl/α,β-unsaturated/α-hetero) is 1. The van der Waals surface area contributed by atoms with Crippen LogP contribution in [-0.4, -0.2) is 43.1 Å². The van der Waals surface area contributed by atoms with E-state index in [1.807, 2.05) is 48.7 Å². The van der Waals surface area contributed by atoms with Crippen molar-refractivity contribution >= 4 is 35.1 Å². The van der Waals surface area contributed by atoms with Crippen molar-refractivity contribution in [2.75, 3.05) is 7.11 Å². The minimum absolute atomic E-state index is 0.0411. The zero-order chi connectivity index (χ0) is 26.3. The first-order valence-corrected chi connectivity index (χ1v) is 13.4. The fourth-order valence-corrected chi connectivity index (χ4v) is 4.59. The molecule has 7 heteroatoms. The molecule has 2 aromatic rings. The van der Waals surface area contributed by atoms with Crippen LogP contribution in [0.15, 0.2) is 48.4 Å². The molecule has 0 aliphatic carbocycles. The van der Waals surface area contributed by atoms with Gasteiger partial charge in [0, 0.05) is 18.4 Å². The maximum atomic E-state index is 12.9. The number of ketones is 1. The molecule has 196 valence electrons. The average Bonchev–Trinajstić information content (AvgIpc) is 3.38. The maximum absolute atomic E-state index is 12.9. The Hall–Kier alpha value is -2.77. The molecule has 0 bridgehead atoms. The molecule has 0 spiro atoms. The largest absolute Gasteiger partial charge is 0.462 e. The maximum Gasteiger partial charge on any atom is 0.309 e. The first-order chi connectivity index (χ1) is 17.3. The zero-order valence-corrected chi connectivity index (χ0v) is 22.4. The SMILES string of the molecule is C=Cc1ccc(CCC(CC(C)=O)OC(=O)CC(CCc2cccs2)OC(=O)CC(CC)OC)cc1. The fraction of sp³-hybridized carbons (Fsp3) is 0.483. The predicted molar refractivity (Wildman–Crippen MR) is 143 cm³/mol. The molecule has 2 rings (SSSR count). The van der Waals surface area contributed by atoms with Crippen molar-refractivity contribution in [3.05, 3.63) is 64.4 Å². The molecule has 1 aromatic carbocycles. The van der Waals surface area contributed by atoms with E-state index in [2.05, 4.69) is 6.58 Å². The van der Waals surface area contributed by atoms with Crippen LogP contribution in [0.2, 0.25) is 0 Å². The minimum atomic E-state index is -0.606. The van der Waals surface area contributed by atoms with Gasteiger partial charge in [-0.15, -0.1) is 11.3 Å². The molecular formula is C29H38O6S. The Balaban J connectivity index is 1.98. The molecule has 1 heterocycles. The summed E-state index contributed by atoms with van der Waals surface area (Å²) in [5, 5.41) is 1.99. The first-order valence-electron chi connectivity index (χ1n) is 12.5. The van der Waals surface area contributed by atoms with Crippen molar-refractivity contribution < 1.29 is 28.6 Å². The molecule has 0 saturated heterocycles. The Bertz CT molecular complexity index is 947. The van der Waals surface area contributed by atoms with Crippen LogP contribution in [0.4, 0.5) is 0 Å². The second-order valence-corrected chi connectivity index (χ2v) is 9.94. The van der Waals surface area contributed by atoms with E-state index < -0.39 is 24.1 Å². The third-order valence-corrected chi connectivity index (χ3v) is 6.89. The molecule has 0 aliphatic heterocycles. The predicted octanol–water partition coefficient (Wildman–Crippen LogP) is 5.96. The van der Waals surface area contributed by atoms with Gasteiger partial charge >= 0.3 is 11.9 Å². The summed E-state index contributed by atoms with van der Waals surface area (Å²) in [7, 11) is 1.57. The van der Waals surface area contributed by atoms with Crippen molar-refractivity contribution in [3.8, 4) is 0 Å². The summed E-state index contributed by atoms with van der Waals surface area (Å²) in [6, 6.07) is 12.0. The smallest absolute Gasteiger partial charge is 0.309 e. The number of carbonyl (C=O) groups excluding carboxylic acids is 3. The number of ether oxygens (including phenoxy) is 3. The number of thiophene rings is 1. The topological polar surface area (TPSA) is 78.9 Å². The molecule has 6 nitrogen and oxygen atoms in total. The number of esters is 2. The van der Waals surface area contributed by atoms with Gasteiger partial charge in [-0.3, -0.25) is 14.4 Å². The molecule has 3 atom stereocenters. The van der Waals surface area contributed by atoms with Gasteiger partial charge in [0.05, 0.1) is 18.9 Å². The third kappa shape index (κ3) is 11.3. The number of benzene rings is 1. The molecule has 0 amide bonds. The summed E-state index contributed by atoms with van der Waals surface area (Å²) in [6.07, 6.45) is 3.77. The highest BCUT2D eigenvalue weighted by molar-refractivity contribution is 7.09. The summed E-state index contributed by atoms with van der Waals surface area (Å²) in [4.78, 5) is 38.3. The lowest BCUT2D eigenvalue weighted by Gasteiger charge is -2.21. The van der Waals surface area contributed by atoms with E-state index in [4.69, 9.17) is 14.2 Å². The lowest BCUT2D eigenvalue weighted by atomic mass is 10.0. The van der Waals surface area contributed by atoms with Gasteiger partial charge in [0.25, 0.3) is 0 Å². The van der Waals surface area contributed by atoms with Crippen LogP contribution in [0.5, 0.6) is 0 Å². The van der Waals surface area contributed by atoms with E-state index in [1.54, 1.807) is 24.5 Å². The number of carbonyl (C=O) groups is 3. The van der Waals surface area contributed by atoms with Crippen LogP contribution in [0.25, 0.3) is 6.08 Å². The lowest BCUT2D eigenvalue weighted by molar-refractivity contribution is -0.159. The van der Waals surface area contributed by atoms with Crippen LogP contribution in [-0.2, 0) is 41.4 Å². The van der Waals surface area contributed by atoms with Crippen molar-refractivity contribution in [2.24, 2.45) is 0 Å². The summed E-state index contributed by atoms with van der Waals surface area (Å²) < 4.78 is 16.7. The number of hydrogen-bond donors (Lipinski definition) is 0. The fourth-order valence-electron chi connectivity index (χ4n) is 3.87. The zero-order valence-electron chi connectivity index (χ0n) is 21.6. The summed E-state index contributed by atoms with van der Waals surface area (Å²) in [6.45, 7) is 7.19. The van der Waals surface area contributed by atoms with Crippen LogP contribution in [0.1, 0.15) is 68.4 Å². The quantitative estimate of drug-likeness (QED) is 0.242. The van der Waals surface area contributed by atoms with Gasteiger partial charge in [-0.1, -0.05) is 49.9 Å². The van der Waals surface area contributed by atoms with Crippen LogP contribution < -0.4 is 0 Å². The summed E-state index contributed by atoms with van der Waals surface area (Å²) in [5.74, 6) is -0.900. The lowest BCUT2D eigenvalue weighted by Crippen LogP contribution is -2.28. The van der Waals surface area contributed by atoms with Gasteiger partial charge in [0.1, 0.15) is 18.0 Å². The first kappa shape index (κ1) is 29.5. The van der Waals surface area contributed by atoms with Gasteiger partial charge in [0.15, 0.2) is 0 Å². The Kier molecular flexibility index (Phi) is 13.1. The van der Waals surface area contributed by atoms with Gasteiger partial charge < -0.3 is 14.2 Å². The highest BCUT2D eigenvalue weighted by Gasteiger charge is 2.24. The normalized spacial score (nSPS) is 13.4. The molecular weight excluding hydrogens is 476 g/mol. The number of methoxy groups -OCH3 is 1. The molecule has 0 radical (unpaired) electrons. The second-order valence-electron chi connectivity index (χ2n) is 8.91. The monoisotopic (exact) mass is 514 g/mol. The molecule has 0 aliphatic rings. The van der Waals surface area contributed by atoms with Gasteiger partial charge in [0.2, 0.25) is 0 Å². The summed E-state index contributed by atoms with van der Waals surface area (Å²) >= 11 is 1.63. The van der Waals surface area contributed by atoms with E-state index in [9.17, 15) is 14.4 Å². The van der Waals surface area contributed by atoms with Crippen LogP contribution >= 0.6 is 11.3 Å². The van der Waals surface area contributed by atoms with E-state index in [0.29, 0.717) is 32.1 Å². The molecule has 1 aromatic heterocycles. The van der Waals surface area contributed by atoms with Crippen molar-refractivity contribution in [1.82, 2.24) is 0 Å². The van der Waals surface area contributed by atoms with Crippen LogP contribution in [0.3, 0.4) is 0 Å². The second kappa shape index (κ2) is 16.1. The van der Waals surface area contributed by atoms with Crippen molar-refractivity contribution in [3.63, 3.8) is 0 Å². The summed E-state index contributed by atoms with van der Waals surface area (Å²) in [5.41, 5.74) is 2.13. The van der Waals surface area contributed by atoms with Crippen molar-refractivity contribution in [2.45, 2.75) is 83.5 Å². The number of rotatable bonds is 17. The van der Waals surface area contributed by atoms with E-state index in [-0.39, 0.29) is 31.1 Å².